The fourth-order valence-corrected chi connectivity index (χ4v) is 8.22. The number of amides is 4. The van der Waals surface area contributed by atoms with Crippen LogP contribution in [0.3, 0.4) is 0 Å². The van der Waals surface area contributed by atoms with Crippen LogP contribution in [0.25, 0.3) is 0 Å². The summed E-state index contributed by atoms with van der Waals surface area (Å²) in [4.78, 5) is 52.1. The minimum absolute atomic E-state index is 0.359. The summed E-state index contributed by atoms with van der Waals surface area (Å²) in [5.41, 5.74) is -3.06. The van der Waals surface area contributed by atoms with Gasteiger partial charge in [0.2, 0.25) is 0 Å². The van der Waals surface area contributed by atoms with E-state index >= 15 is 0 Å². The Hall–Kier alpha value is -4.36. The van der Waals surface area contributed by atoms with Gasteiger partial charge in [0.15, 0.2) is 0 Å². The predicted molar refractivity (Wildman–Crippen MR) is 188 cm³/mol. The molecule has 2 aliphatic rings. The van der Waals surface area contributed by atoms with E-state index in [1.54, 1.807) is 48.5 Å². The lowest BCUT2D eigenvalue weighted by atomic mass is 9.70. The van der Waals surface area contributed by atoms with E-state index in [0.717, 1.165) is 0 Å². The summed E-state index contributed by atoms with van der Waals surface area (Å²) in [6.07, 6.45) is 1.44. The van der Waals surface area contributed by atoms with Gasteiger partial charge in [0.05, 0.1) is 14.2 Å². The van der Waals surface area contributed by atoms with Crippen molar-refractivity contribution in [1.82, 2.24) is 21.3 Å². The van der Waals surface area contributed by atoms with Crippen molar-refractivity contribution in [3.63, 3.8) is 0 Å². The lowest BCUT2D eigenvalue weighted by Gasteiger charge is -2.51. The van der Waals surface area contributed by atoms with E-state index < -0.39 is 57.2 Å². The number of piperidine rings is 2. The zero-order chi connectivity index (χ0) is 36.5. The quantitative estimate of drug-likeness (QED) is 0.199. The smallest absolute Gasteiger partial charge is 0.331 e. The van der Waals surface area contributed by atoms with Gasteiger partial charge in [0, 0.05) is 33.5 Å². The lowest BCUT2D eigenvalue weighted by molar-refractivity contribution is -0.152. The molecule has 4 rings (SSSR count). The number of anilines is 2. The Morgan fingerprint density at radius 1 is 0.531 bits per heavy atom. The topological polar surface area (TPSA) is 168 Å². The molecule has 0 spiro atoms. The van der Waals surface area contributed by atoms with Crippen LogP contribution in [0.2, 0.25) is 0 Å². The third-order valence-corrected chi connectivity index (χ3v) is 8.65. The molecule has 268 valence electrons. The first-order chi connectivity index (χ1) is 22.6. The summed E-state index contributed by atoms with van der Waals surface area (Å²) in [6, 6.07) is 12.5. The van der Waals surface area contributed by atoms with Gasteiger partial charge < -0.3 is 46.1 Å². The van der Waals surface area contributed by atoms with Crippen molar-refractivity contribution < 1.29 is 33.4 Å². The summed E-state index contributed by atoms with van der Waals surface area (Å²) in [5.74, 6) is 0.0636. The molecule has 2 aliphatic heterocycles. The van der Waals surface area contributed by atoms with Crippen molar-refractivity contribution in [2.24, 2.45) is 0 Å². The summed E-state index contributed by atoms with van der Waals surface area (Å²) >= 11 is 0. The summed E-state index contributed by atoms with van der Waals surface area (Å²) in [5, 5.41) is 18.4. The van der Waals surface area contributed by atoms with Crippen molar-refractivity contribution in [3.05, 3.63) is 48.5 Å². The number of esters is 2. The van der Waals surface area contributed by atoms with Gasteiger partial charge in [-0.25, -0.2) is 19.2 Å². The van der Waals surface area contributed by atoms with E-state index in [0.29, 0.717) is 48.6 Å². The Morgan fingerprint density at radius 2 is 0.816 bits per heavy atom. The second-order valence-corrected chi connectivity index (χ2v) is 15.9. The lowest BCUT2D eigenvalue weighted by Crippen LogP contribution is -2.71. The van der Waals surface area contributed by atoms with Gasteiger partial charge in [-0.2, -0.15) is 0 Å². The number of rotatable bonds is 8. The van der Waals surface area contributed by atoms with Gasteiger partial charge in [-0.3, -0.25) is 0 Å². The van der Waals surface area contributed by atoms with Gasteiger partial charge in [0.1, 0.15) is 22.6 Å². The van der Waals surface area contributed by atoms with Gasteiger partial charge in [-0.05, 0) is 130 Å². The van der Waals surface area contributed by atoms with Gasteiger partial charge in [-0.15, -0.1) is 0 Å². The van der Waals surface area contributed by atoms with E-state index in [4.69, 9.17) is 14.2 Å². The highest BCUT2D eigenvalue weighted by Gasteiger charge is 2.54. The highest BCUT2D eigenvalue weighted by Crippen LogP contribution is 2.38. The molecule has 0 unspecified atom stereocenters. The van der Waals surface area contributed by atoms with E-state index in [2.05, 4.69) is 31.9 Å². The maximum absolute atomic E-state index is 13.1. The predicted octanol–water partition coefficient (Wildman–Crippen LogP) is 5.43. The van der Waals surface area contributed by atoms with Crippen LogP contribution >= 0.6 is 0 Å². The maximum atomic E-state index is 13.1. The van der Waals surface area contributed by atoms with Crippen molar-refractivity contribution in [2.45, 2.75) is 114 Å². The second kappa shape index (κ2) is 13.5. The van der Waals surface area contributed by atoms with E-state index in [-0.39, 0.29) is 0 Å². The molecule has 2 fully saturated rings. The molecule has 4 amide bonds. The first-order valence-corrected chi connectivity index (χ1v) is 16.4. The highest BCUT2D eigenvalue weighted by molar-refractivity contribution is 5.95. The Morgan fingerprint density at radius 3 is 1.08 bits per heavy atom. The number of hydrogen-bond acceptors (Lipinski definition) is 9. The monoisotopic (exact) mass is 680 g/mol. The average molecular weight is 681 g/mol. The number of carbonyl (C=O) groups excluding carboxylic acids is 4. The third kappa shape index (κ3) is 9.42. The molecule has 0 aromatic heterocycles. The number of hydrogen-bond donors (Lipinski definition) is 6. The molecule has 2 aromatic carbocycles. The van der Waals surface area contributed by atoms with Crippen LogP contribution in [0.15, 0.2) is 48.5 Å². The van der Waals surface area contributed by atoms with Crippen LogP contribution in [0.1, 0.15) is 81.1 Å². The van der Waals surface area contributed by atoms with E-state index in [1.807, 2.05) is 55.4 Å². The Kier molecular flexibility index (Phi) is 10.3. The number of benzene rings is 2. The first-order valence-electron chi connectivity index (χ1n) is 16.4. The second-order valence-electron chi connectivity index (χ2n) is 15.9. The van der Waals surface area contributed by atoms with Crippen LogP contribution in [-0.4, -0.2) is 71.5 Å². The van der Waals surface area contributed by atoms with E-state index in [9.17, 15) is 19.2 Å². The van der Waals surface area contributed by atoms with Gasteiger partial charge >= 0.3 is 24.0 Å². The molecule has 49 heavy (non-hydrogen) atoms. The molecular weight excluding hydrogens is 628 g/mol. The summed E-state index contributed by atoms with van der Waals surface area (Å²) in [7, 11) is 2.65. The van der Waals surface area contributed by atoms with Crippen molar-refractivity contribution in [2.75, 3.05) is 24.9 Å². The highest BCUT2D eigenvalue weighted by atomic mass is 16.5. The maximum Gasteiger partial charge on any atom is 0.331 e. The SMILES string of the molecule is COC(=O)C1(NC(=O)Nc2ccc(Oc3ccc(NC(=O)NC4(C(=O)OC)CC(C)(C)NC(C)(C)C4)cc3)cc2)CC(C)(C)NC(C)(C)C1. The number of carbonyl (C=O) groups is 4. The van der Waals surface area contributed by atoms with Crippen LogP contribution in [0.4, 0.5) is 21.0 Å². The number of urea groups is 2. The van der Waals surface area contributed by atoms with E-state index in [1.165, 1.54) is 14.2 Å². The Balaban J connectivity index is 1.36. The zero-order valence-corrected chi connectivity index (χ0v) is 30.3. The number of nitrogens with one attached hydrogen (secondary N) is 6. The largest absolute Gasteiger partial charge is 0.467 e. The number of methoxy groups -OCH3 is 2. The van der Waals surface area contributed by atoms with Gasteiger partial charge in [-0.1, -0.05) is 0 Å². The summed E-state index contributed by atoms with van der Waals surface area (Å²) < 4.78 is 16.2. The minimum Gasteiger partial charge on any atom is -0.467 e. The normalized spacial score (nSPS) is 20.9. The molecule has 2 saturated heterocycles. The fourth-order valence-electron chi connectivity index (χ4n) is 8.22. The minimum atomic E-state index is -1.20. The standard InChI is InChI=1S/C36H52N6O7/c1-31(2)19-35(27(43)47-9,20-32(3,4)41-31)39-29(45)37-23-11-15-25(16-12-23)49-26-17-13-24(14-18-26)38-30(46)40-36(28(44)48-10)21-33(5,6)42-34(7,8)22-36/h11-18,41-42H,19-22H2,1-10H3,(H2,37,39,45)(H2,38,40,46). The van der Waals surface area contributed by atoms with Crippen LogP contribution in [0.5, 0.6) is 11.5 Å². The zero-order valence-electron chi connectivity index (χ0n) is 30.3. The molecular formula is C36H52N6O7. The molecule has 2 aromatic rings. The fraction of sp³-hybridized carbons (Fsp3) is 0.556. The van der Waals surface area contributed by atoms with Crippen LogP contribution in [-0.2, 0) is 19.1 Å². The van der Waals surface area contributed by atoms with Crippen molar-refractivity contribution >= 4 is 35.4 Å². The van der Waals surface area contributed by atoms with Gasteiger partial charge in [0.25, 0.3) is 0 Å². The van der Waals surface area contributed by atoms with Crippen molar-refractivity contribution in [3.8, 4) is 11.5 Å². The van der Waals surface area contributed by atoms with Crippen LogP contribution < -0.4 is 36.6 Å². The molecule has 0 saturated carbocycles. The third-order valence-electron chi connectivity index (χ3n) is 8.65. The van der Waals surface area contributed by atoms with Crippen LogP contribution in [0, 0.1) is 0 Å². The summed E-state index contributed by atoms with van der Waals surface area (Å²) in [6.45, 7) is 15.9. The molecule has 0 bridgehead atoms. The molecule has 6 N–H and O–H groups in total. The van der Waals surface area contributed by atoms with Crippen molar-refractivity contribution in [1.29, 1.82) is 0 Å². The molecule has 0 atom stereocenters. The first kappa shape index (κ1) is 37.5. The average Bonchev–Trinajstić information content (AvgIpc) is 2.94. The number of ether oxygens (including phenoxy) is 3. The molecule has 0 radical (unpaired) electrons. The molecule has 13 heteroatoms. The Bertz CT molecular complexity index is 1400. The molecule has 13 nitrogen and oxygen atoms in total. The molecule has 2 heterocycles. The Labute approximate surface area is 289 Å². The molecule has 0 aliphatic carbocycles.